The second-order valence-electron chi connectivity index (χ2n) is 20.6. The van der Waals surface area contributed by atoms with Gasteiger partial charge in [0.15, 0.2) is 6.10 Å². The summed E-state index contributed by atoms with van der Waals surface area (Å²) in [5.41, 5.74) is 0. The first-order valence-electron chi connectivity index (χ1n) is 31.5. The van der Waals surface area contributed by atoms with Gasteiger partial charge in [-0.15, -0.1) is 0 Å². The maximum Gasteiger partial charge on any atom is 0.306 e. The summed E-state index contributed by atoms with van der Waals surface area (Å²) in [5, 5.41) is 0. The largest absolute Gasteiger partial charge is 0.462 e. The van der Waals surface area contributed by atoms with Gasteiger partial charge in [0, 0.05) is 19.3 Å². The average molecular weight is 1050 g/mol. The van der Waals surface area contributed by atoms with Crippen LogP contribution in [0.5, 0.6) is 0 Å². The molecule has 0 aromatic rings. The topological polar surface area (TPSA) is 78.9 Å². The molecule has 0 aromatic carbocycles. The number of allylic oxidation sites excluding steroid dienone is 20. The van der Waals surface area contributed by atoms with E-state index in [0.29, 0.717) is 19.3 Å². The Morgan fingerprint density at radius 3 is 0.868 bits per heavy atom. The Balaban J connectivity index is 4.53. The molecule has 0 radical (unpaired) electrons. The number of unbranched alkanes of at least 4 members (excludes halogenated alkanes) is 25. The maximum atomic E-state index is 12.9. The van der Waals surface area contributed by atoms with E-state index < -0.39 is 12.1 Å². The molecular formula is C70H116O6. The van der Waals surface area contributed by atoms with Crippen LogP contribution in [-0.2, 0) is 28.6 Å². The SMILES string of the molecule is CC/C=C\C/C=C\C/C=C\C/C=C\C/C=C\C/C=C\CCC(=O)OC(COC(=O)CCCCCCCC/C=C\C/C=C\C/C=C\CCCCCCC)COC(=O)CCCCCCCCC/C=C\CCCCCCCCC. The van der Waals surface area contributed by atoms with E-state index in [1.807, 2.05) is 6.08 Å². The monoisotopic (exact) mass is 1050 g/mol. The summed E-state index contributed by atoms with van der Waals surface area (Å²) in [4.78, 5) is 38.3. The van der Waals surface area contributed by atoms with Gasteiger partial charge < -0.3 is 14.2 Å². The van der Waals surface area contributed by atoms with Crippen molar-refractivity contribution in [3.63, 3.8) is 0 Å². The Bertz CT molecular complexity index is 1590. The highest BCUT2D eigenvalue weighted by Crippen LogP contribution is 2.14. The molecule has 1 atom stereocenters. The summed E-state index contributed by atoms with van der Waals surface area (Å²) in [6, 6.07) is 0. The molecule has 1 unspecified atom stereocenters. The van der Waals surface area contributed by atoms with Crippen LogP contribution >= 0.6 is 0 Å². The first-order chi connectivity index (χ1) is 37.5. The standard InChI is InChI=1S/C70H116O6/c1-4-7-10-13-16-19-22-25-28-31-34-35-37-39-42-45-48-51-54-57-60-63-69(72)75-66-67(65-74-68(71)62-59-56-53-50-47-44-41-38-33-30-27-24-21-18-15-12-9-6-3)76-70(73)64-61-58-55-52-49-46-43-40-36-32-29-26-23-20-17-14-11-8-5-2/h8,11,17,20,22,25-26,29-31,33-34,36-37,39-40,46,49,55,58,67H,4-7,9-10,12-16,18-19,21,23-24,27-28,32,35,38,41-45,47-48,50-54,56-57,59-66H2,1-3H3/b11-8-,20-17-,25-22-,29-26-,33-30-,34-31-,39-37-,40-36-,49-46-,58-55-. The molecule has 0 aliphatic heterocycles. The second kappa shape index (κ2) is 63.3. The number of rotatable bonds is 56. The Morgan fingerprint density at radius 1 is 0.276 bits per heavy atom. The molecule has 0 amide bonds. The van der Waals surface area contributed by atoms with E-state index in [-0.39, 0.29) is 31.6 Å². The smallest absolute Gasteiger partial charge is 0.306 e. The third-order valence-electron chi connectivity index (χ3n) is 13.2. The normalized spacial score (nSPS) is 12.9. The molecule has 0 spiro atoms. The van der Waals surface area contributed by atoms with E-state index in [2.05, 4.69) is 136 Å². The summed E-state index contributed by atoms with van der Waals surface area (Å²) in [6.45, 7) is 6.45. The highest BCUT2D eigenvalue weighted by Gasteiger charge is 2.19. The fourth-order valence-corrected chi connectivity index (χ4v) is 8.47. The Labute approximate surface area is 469 Å². The molecule has 0 bridgehead atoms. The van der Waals surface area contributed by atoms with Crippen molar-refractivity contribution in [1.29, 1.82) is 0 Å². The molecule has 6 heteroatoms. The predicted octanol–water partition coefficient (Wildman–Crippen LogP) is 21.6. The molecular weight excluding hydrogens is 937 g/mol. The van der Waals surface area contributed by atoms with Crippen molar-refractivity contribution in [1.82, 2.24) is 0 Å². The summed E-state index contributed by atoms with van der Waals surface area (Å²) < 4.78 is 16.8. The minimum absolute atomic E-state index is 0.117. The number of hydrogen-bond acceptors (Lipinski definition) is 6. The van der Waals surface area contributed by atoms with Gasteiger partial charge in [-0.25, -0.2) is 0 Å². The van der Waals surface area contributed by atoms with Gasteiger partial charge in [-0.2, -0.15) is 0 Å². The number of carbonyl (C=O) groups is 3. The van der Waals surface area contributed by atoms with Crippen molar-refractivity contribution < 1.29 is 28.6 Å². The lowest BCUT2D eigenvalue weighted by molar-refractivity contribution is -0.166. The van der Waals surface area contributed by atoms with Gasteiger partial charge in [0.25, 0.3) is 0 Å². The first kappa shape index (κ1) is 71.8. The van der Waals surface area contributed by atoms with Gasteiger partial charge in [0.2, 0.25) is 0 Å². The molecule has 0 saturated carbocycles. The third-order valence-corrected chi connectivity index (χ3v) is 13.2. The zero-order valence-corrected chi connectivity index (χ0v) is 49.5. The first-order valence-corrected chi connectivity index (χ1v) is 31.5. The minimum atomic E-state index is -0.831. The van der Waals surface area contributed by atoms with Crippen molar-refractivity contribution in [3.8, 4) is 0 Å². The van der Waals surface area contributed by atoms with Crippen LogP contribution < -0.4 is 0 Å². The highest BCUT2D eigenvalue weighted by atomic mass is 16.6. The Hall–Kier alpha value is -4.19. The molecule has 432 valence electrons. The number of carbonyl (C=O) groups excluding carboxylic acids is 3. The summed E-state index contributed by atoms with van der Waals surface area (Å²) in [7, 11) is 0. The van der Waals surface area contributed by atoms with Crippen molar-refractivity contribution in [2.45, 2.75) is 290 Å². The van der Waals surface area contributed by atoms with Gasteiger partial charge in [-0.05, 0) is 122 Å². The van der Waals surface area contributed by atoms with Crippen molar-refractivity contribution in [2.24, 2.45) is 0 Å². The molecule has 0 saturated heterocycles. The van der Waals surface area contributed by atoms with Crippen molar-refractivity contribution in [3.05, 3.63) is 122 Å². The molecule has 0 fully saturated rings. The van der Waals surface area contributed by atoms with E-state index in [1.165, 1.54) is 135 Å². The molecule has 76 heavy (non-hydrogen) atoms. The molecule has 0 rings (SSSR count). The highest BCUT2D eigenvalue weighted by molar-refractivity contribution is 5.71. The van der Waals surface area contributed by atoms with Gasteiger partial charge in [-0.3, -0.25) is 14.4 Å². The molecule has 0 heterocycles. The number of esters is 3. The summed E-state index contributed by atoms with van der Waals surface area (Å²) in [5.74, 6) is -1.02. The van der Waals surface area contributed by atoms with Crippen molar-refractivity contribution in [2.75, 3.05) is 13.2 Å². The molecule has 0 N–H and O–H groups in total. The zero-order valence-electron chi connectivity index (χ0n) is 49.5. The van der Waals surface area contributed by atoms with Crippen LogP contribution in [0.2, 0.25) is 0 Å². The third kappa shape index (κ3) is 60.7. The van der Waals surface area contributed by atoms with Crippen LogP contribution in [0.1, 0.15) is 284 Å². The van der Waals surface area contributed by atoms with Crippen LogP contribution in [0.25, 0.3) is 0 Å². The van der Waals surface area contributed by atoms with Gasteiger partial charge in [0.1, 0.15) is 13.2 Å². The van der Waals surface area contributed by atoms with Crippen molar-refractivity contribution >= 4 is 17.9 Å². The quantitative estimate of drug-likeness (QED) is 0.0261. The minimum Gasteiger partial charge on any atom is -0.462 e. The zero-order chi connectivity index (χ0) is 55.0. The van der Waals surface area contributed by atoms with Crippen LogP contribution in [-0.4, -0.2) is 37.2 Å². The molecule has 0 aromatic heterocycles. The van der Waals surface area contributed by atoms with E-state index in [1.54, 1.807) is 0 Å². The lowest BCUT2D eigenvalue weighted by Gasteiger charge is -2.18. The lowest BCUT2D eigenvalue weighted by Crippen LogP contribution is -2.30. The number of ether oxygens (including phenoxy) is 3. The van der Waals surface area contributed by atoms with Crippen LogP contribution in [0.3, 0.4) is 0 Å². The number of hydrogen-bond donors (Lipinski definition) is 0. The van der Waals surface area contributed by atoms with Gasteiger partial charge in [0.05, 0.1) is 0 Å². The summed E-state index contributed by atoms with van der Waals surface area (Å²) >= 11 is 0. The van der Waals surface area contributed by atoms with E-state index in [4.69, 9.17) is 14.2 Å². The molecule has 6 nitrogen and oxygen atoms in total. The Kier molecular flexibility index (Phi) is 59.9. The van der Waals surface area contributed by atoms with Crippen LogP contribution in [0, 0.1) is 0 Å². The predicted molar refractivity (Wildman–Crippen MR) is 330 cm³/mol. The fourth-order valence-electron chi connectivity index (χ4n) is 8.47. The van der Waals surface area contributed by atoms with Gasteiger partial charge >= 0.3 is 17.9 Å². The van der Waals surface area contributed by atoms with E-state index >= 15 is 0 Å². The Morgan fingerprint density at radius 2 is 0.539 bits per heavy atom. The molecule has 0 aliphatic carbocycles. The van der Waals surface area contributed by atoms with Crippen LogP contribution in [0.4, 0.5) is 0 Å². The summed E-state index contributed by atoms with van der Waals surface area (Å²) in [6.07, 6.45) is 87.8. The van der Waals surface area contributed by atoms with Gasteiger partial charge in [-0.1, -0.05) is 264 Å². The second-order valence-corrected chi connectivity index (χ2v) is 20.6. The lowest BCUT2D eigenvalue weighted by atomic mass is 10.1. The molecule has 0 aliphatic rings. The van der Waals surface area contributed by atoms with Crippen LogP contribution in [0.15, 0.2) is 122 Å². The fraction of sp³-hybridized carbons (Fsp3) is 0.671. The van der Waals surface area contributed by atoms with E-state index in [9.17, 15) is 14.4 Å². The average Bonchev–Trinajstić information content (AvgIpc) is 3.42. The maximum absolute atomic E-state index is 12.9. The van der Waals surface area contributed by atoms with E-state index in [0.717, 1.165) is 103 Å².